The molecule has 118 valence electrons. The summed E-state index contributed by atoms with van der Waals surface area (Å²) in [6.45, 7) is 1.69. The van der Waals surface area contributed by atoms with E-state index in [1.165, 1.54) is 6.26 Å². The molecule has 0 saturated heterocycles. The highest BCUT2D eigenvalue weighted by molar-refractivity contribution is 9.10. The molecule has 1 aliphatic heterocycles. The predicted molar refractivity (Wildman–Crippen MR) is 88.6 cm³/mol. The lowest BCUT2D eigenvalue weighted by Crippen LogP contribution is -2.45. The van der Waals surface area contributed by atoms with Crippen molar-refractivity contribution in [3.8, 4) is 0 Å². The van der Waals surface area contributed by atoms with Crippen LogP contribution in [0.5, 0.6) is 0 Å². The molecule has 6 nitrogen and oxygen atoms in total. The Morgan fingerprint density at radius 3 is 2.65 bits per heavy atom. The second-order valence-corrected chi connectivity index (χ2v) is 5.96. The van der Waals surface area contributed by atoms with Crippen molar-refractivity contribution < 1.29 is 14.0 Å². The average molecular weight is 376 g/mol. The maximum absolute atomic E-state index is 12.7. The summed E-state index contributed by atoms with van der Waals surface area (Å²) in [4.78, 5) is 24.4. The van der Waals surface area contributed by atoms with E-state index >= 15 is 0 Å². The van der Waals surface area contributed by atoms with Crippen molar-refractivity contribution in [2.45, 2.75) is 13.0 Å². The molecule has 1 aliphatic rings. The molecule has 0 aliphatic carbocycles. The van der Waals surface area contributed by atoms with Crippen LogP contribution in [0.3, 0.4) is 0 Å². The third kappa shape index (κ3) is 3.29. The van der Waals surface area contributed by atoms with Gasteiger partial charge in [-0.15, -0.1) is 0 Å². The fourth-order valence-electron chi connectivity index (χ4n) is 2.40. The molecular formula is C16H14BrN3O3. The van der Waals surface area contributed by atoms with Gasteiger partial charge in [0.2, 0.25) is 0 Å². The number of hydrogen-bond acceptors (Lipinski definition) is 3. The number of benzene rings is 1. The highest BCUT2D eigenvalue weighted by Gasteiger charge is 2.32. The third-order valence-corrected chi connectivity index (χ3v) is 3.97. The molecule has 3 N–H and O–H groups in total. The first-order chi connectivity index (χ1) is 11.0. The van der Waals surface area contributed by atoms with Crippen LogP contribution in [0.1, 0.15) is 18.7 Å². The molecule has 1 atom stereocenters. The normalized spacial score (nSPS) is 17.5. The number of halogens is 1. The van der Waals surface area contributed by atoms with E-state index in [1.54, 1.807) is 31.2 Å². The van der Waals surface area contributed by atoms with Crippen molar-refractivity contribution in [3.05, 3.63) is 64.2 Å². The van der Waals surface area contributed by atoms with Crippen LogP contribution in [0.4, 0.5) is 10.5 Å². The van der Waals surface area contributed by atoms with E-state index in [0.717, 1.165) is 4.47 Å². The van der Waals surface area contributed by atoms with Crippen LogP contribution in [0.25, 0.3) is 0 Å². The zero-order valence-corrected chi connectivity index (χ0v) is 13.8. The Labute approximate surface area is 141 Å². The first-order valence-electron chi connectivity index (χ1n) is 6.93. The van der Waals surface area contributed by atoms with E-state index < -0.39 is 6.04 Å². The number of allylic oxidation sites excluding steroid dienone is 1. The van der Waals surface area contributed by atoms with Gasteiger partial charge in [-0.05, 0) is 43.3 Å². The van der Waals surface area contributed by atoms with Crippen molar-refractivity contribution in [3.63, 3.8) is 0 Å². The average Bonchev–Trinajstić information content (AvgIpc) is 3.03. The summed E-state index contributed by atoms with van der Waals surface area (Å²) >= 11 is 3.35. The molecule has 23 heavy (non-hydrogen) atoms. The van der Waals surface area contributed by atoms with E-state index in [-0.39, 0.29) is 11.9 Å². The van der Waals surface area contributed by atoms with Gasteiger partial charge in [-0.2, -0.15) is 0 Å². The number of rotatable bonds is 3. The molecule has 0 fully saturated rings. The summed E-state index contributed by atoms with van der Waals surface area (Å²) in [7, 11) is 0. The van der Waals surface area contributed by atoms with Gasteiger partial charge in [0.05, 0.1) is 11.8 Å². The number of amides is 3. The molecule has 0 unspecified atom stereocenters. The first-order valence-corrected chi connectivity index (χ1v) is 7.72. The standard InChI is InChI=1S/C16H14BrN3O3/c1-9-13(15(21)19-11-6-4-10(17)5-7-11)14(20-16(22)18-9)12-3-2-8-23-12/h2-8,14H,1H3,(H,19,21)(H2,18,20,22)/t14-/m0/s1. The van der Waals surface area contributed by atoms with Gasteiger partial charge in [-0.25, -0.2) is 4.79 Å². The minimum atomic E-state index is -0.630. The SMILES string of the molecule is CC1=C(C(=O)Nc2ccc(Br)cc2)[C@H](c2ccco2)NC(=O)N1. The van der Waals surface area contributed by atoms with Crippen molar-refractivity contribution in [1.29, 1.82) is 0 Å². The smallest absolute Gasteiger partial charge is 0.319 e. The van der Waals surface area contributed by atoms with Gasteiger partial charge in [-0.3, -0.25) is 4.79 Å². The minimum Gasteiger partial charge on any atom is -0.467 e. The highest BCUT2D eigenvalue weighted by atomic mass is 79.9. The van der Waals surface area contributed by atoms with E-state index in [9.17, 15) is 9.59 Å². The Bertz CT molecular complexity index is 766. The van der Waals surface area contributed by atoms with Crippen molar-refractivity contribution in [2.24, 2.45) is 0 Å². The topological polar surface area (TPSA) is 83.4 Å². The zero-order valence-electron chi connectivity index (χ0n) is 12.2. The summed E-state index contributed by atoms with van der Waals surface area (Å²) in [5.41, 5.74) is 1.56. The molecular weight excluding hydrogens is 362 g/mol. The lowest BCUT2D eigenvalue weighted by molar-refractivity contribution is -0.113. The van der Waals surface area contributed by atoms with E-state index in [4.69, 9.17) is 4.42 Å². The fraction of sp³-hybridized carbons (Fsp3) is 0.125. The lowest BCUT2D eigenvalue weighted by Gasteiger charge is -2.27. The van der Waals surface area contributed by atoms with Gasteiger partial charge in [0.1, 0.15) is 11.8 Å². The van der Waals surface area contributed by atoms with Crippen LogP contribution in [0.15, 0.2) is 62.8 Å². The number of carbonyl (C=O) groups is 2. The molecule has 3 amide bonds. The summed E-state index contributed by atoms with van der Waals surface area (Å²) in [6.07, 6.45) is 1.50. The van der Waals surface area contributed by atoms with E-state index in [0.29, 0.717) is 22.7 Å². The highest BCUT2D eigenvalue weighted by Crippen LogP contribution is 2.28. The van der Waals surface area contributed by atoms with Crippen LogP contribution < -0.4 is 16.0 Å². The molecule has 0 radical (unpaired) electrons. The predicted octanol–water partition coefficient (Wildman–Crippen LogP) is 3.31. The Morgan fingerprint density at radius 2 is 2.00 bits per heavy atom. The fourth-order valence-corrected chi connectivity index (χ4v) is 2.66. The summed E-state index contributed by atoms with van der Waals surface area (Å²) in [5.74, 6) is 0.193. The van der Waals surface area contributed by atoms with Gasteiger partial charge in [-0.1, -0.05) is 15.9 Å². The number of carbonyl (C=O) groups excluding carboxylic acids is 2. The second-order valence-electron chi connectivity index (χ2n) is 5.05. The van der Waals surface area contributed by atoms with Crippen molar-refractivity contribution in [1.82, 2.24) is 10.6 Å². The quantitative estimate of drug-likeness (QED) is 0.769. The van der Waals surface area contributed by atoms with Gasteiger partial charge in [0, 0.05) is 15.9 Å². The molecule has 1 aromatic carbocycles. The molecule has 0 bridgehead atoms. The Balaban J connectivity index is 1.90. The maximum atomic E-state index is 12.7. The van der Waals surface area contributed by atoms with Crippen molar-refractivity contribution >= 4 is 33.6 Å². The van der Waals surface area contributed by atoms with E-state index in [1.807, 2.05) is 12.1 Å². The van der Waals surface area contributed by atoms with Crippen LogP contribution in [-0.4, -0.2) is 11.9 Å². The molecule has 1 aromatic heterocycles. The van der Waals surface area contributed by atoms with E-state index in [2.05, 4.69) is 31.9 Å². The Kier molecular flexibility index (Phi) is 4.20. The summed E-state index contributed by atoms with van der Waals surface area (Å²) in [5, 5.41) is 8.15. The summed E-state index contributed by atoms with van der Waals surface area (Å²) < 4.78 is 6.28. The first kappa shape index (κ1) is 15.4. The molecule has 2 heterocycles. The van der Waals surface area contributed by atoms with Crippen molar-refractivity contribution in [2.75, 3.05) is 5.32 Å². The summed E-state index contributed by atoms with van der Waals surface area (Å²) in [6, 6.07) is 9.67. The zero-order chi connectivity index (χ0) is 16.4. The van der Waals surface area contributed by atoms with Gasteiger partial charge >= 0.3 is 6.03 Å². The van der Waals surface area contributed by atoms with Crippen LogP contribution in [0, 0.1) is 0 Å². The molecule has 0 saturated carbocycles. The number of nitrogens with one attached hydrogen (secondary N) is 3. The third-order valence-electron chi connectivity index (χ3n) is 3.44. The number of urea groups is 1. The molecule has 7 heteroatoms. The van der Waals surface area contributed by atoms with Gasteiger partial charge < -0.3 is 20.4 Å². The molecule has 0 spiro atoms. The van der Waals surface area contributed by atoms with Crippen LogP contribution in [0.2, 0.25) is 0 Å². The van der Waals surface area contributed by atoms with Gasteiger partial charge in [0.15, 0.2) is 0 Å². The Hall–Kier alpha value is -2.54. The molecule has 3 rings (SSSR count). The number of hydrogen-bond donors (Lipinski definition) is 3. The van der Waals surface area contributed by atoms with Crippen LogP contribution >= 0.6 is 15.9 Å². The maximum Gasteiger partial charge on any atom is 0.319 e. The minimum absolute atomic E-state index is 0.307. The van der Waals surface area contributed by atoms with Gasteiger partial charge in [0.25, 0.3) is 5.91 Å². The largest absolute Gasteiger partial charge is 0.467 e. The molecule has 2 aromatic rings. The Morgan fingerprint density at radius 1 is 1.26 bits per heavy atom. The van der Waals surface area contributed by atoms with Crippen LogP contribution in [-0.2, 0) is 4.79 Å². The number of anilines is 1. The lowest BCUT2D eigenvalue weighted by atomic mass is 10.00. The second kappa shape index (κ2) is 6.29. The number of furan rings is 1. The monoisotopic (exact) mass is 375 g/mol.